The smallest absolute Gasteiger partial charge is 0.429 e. The Morgan fingerprint density at radius 1 is 0.638 bits per heavy atom. The van der Waals surface area contributed by atoms with Crippen LogP contribution in [0.2, 0.25) is 0 Å². The van der Waals surface area contributed by atoms with Crippen molar-refractivity contribution in [2.75, 3.05) is 0 Å². The van der Waals surface area contributed by atoms with Gasteiger partial charge in [-0.25, -0.2) is 35.1 Å². The third kappa shape index (κ3) is 7.89. The molecule has 0 saturated carbocycles. The predicted molar refractivity (Wildman–Crippen MR) is 143 cm³/mol. The molecule has 0 radical (unpaired) electrons. The van der Waals surface area contributed by atoms with Gasteiger partial charge in [0.15, 0.2) is 23.3 Å². The van der Waals surface area contributed by atoms with Gasteiger partial charge in [-0.15, -0.1) is 13.2 Å². The molecule has 0 atom stereocenters. The lowest BCUT2D eigenvalue weighted by atomic mass is 9.97. The first-order chi connectivity index (χ1) is 21.9. The highest BCUT2D eigenvalue weighted by Gasteiger charge is 2.36. The number of allylic oxidation sites excluding steroid dienone is 3. The highest BCUT2D eigenvalue weighted by molar-refractivity contribution is 5.73. The molecule has 0 bridgehead atoms. The van der Waals surface area contributed by atoms with E-state index in [1.54, 1.807) is 6.92 Å². The van der Waals surface area contributed by atoms with Crippen LogP contribution in [-0.4, -0.2) is 6.36 Å². The number of hydrogen-bond acceptors (Lipinski definition) is 2. The summed E-state index contributed by atoms with van der Waals surface area (Å²) in [6.07, 6.45) is -7.19. The van der Waals surface area contributed by atoms with E-state index in [0.29, 0.717) is 30.7 Å². The van der Waals surface area contributed by atoms with E-state index in [0.717, 1.165) is 18.2 Å². The molecule has 4 aromatic carbocycles. The van der Waals surface area contributed by atoms with Gasteiger partial charge < -0.3 is 9.47 Å². The summed E-state index contributed by atoms with van der Waals surface area (Å²) in [5.74, 6) is -16.1. The monoisotopic (exact) mass is 680 g/mol. The van der Waals surface area contributed by atoms with E-state index in [4.69, 9.17) is 0 Å². The standard InChI is InChI=1S/C32H17F13O2/c1-2-3-4-20(33)29(40)15-5-7-18(8-6-15)31(41,42)46-19-13-23(36)28(24(37)14-19)16-9-21(34)27(22(35)10-16)17-11-25(38)30(26(39)12-17)47-32(43,44)45/h3-14H,2H2,1H3/b4-3+,29-20+. The van der Waals surface area contributed by atoms with Crippen molar-refractivity contribution in [1.82, 2.24) is 0 Å². The number of rotatable bonds is 9. The Bertz CT molecular complexity index is 1790. The number of benzene rings is 4. The van der Waals surface area contributed by atoms with E-state index in [1.165, 1.54) is 6.08 Å². The lowest BCUT2D eigenvalue weighted by molar-refractivity contribution is -0.276. The maximum absolute atomic E-state index is 15.0. The first-order valence-corrected chi connectivity index (χ1v) is 13.0. The minimum Gasteiger partial charge on any atom is -0.429 e. The molecule has 0 aliphatic heterocycles. The molecule has 47 heavy (non-hydrogen) atoms. The first-order valence-electron chi connectivity index (χ1n) is 13.0. The summed E-state index contributed by atoms with van der Waals surface area (Å²) in [7, 11) is 0. The average Bonchev–Trinajstić information content (AvgIpc) is 2.96. The van der Waals surface area contributed by atoms with Gasteiger partial charge in [0.25, 0.3) is 0 Å². The van der Waals surface area contributed by atoms with Crippen LogP contribution in [-0.2, 0) is 6.11 Å². The molecule has 4 rings (SSSR count). The largest absolute Gasteiger partial charge is 0.573 e. The maximum Gasteiger partial charge on any atom is 0.573 e. The third-order valence-electron chi connectivity index (χ3n) is 6.28. The summed E-state index contributed by atoms with van der Waals surface area (Å²) < 4.78 is 190. The fourth-order valence-electron chi connectivity index (χ4n) is 4.25. The SMILES string of the molecule is CC/C=C/C(F)=C(\F)c1ccc(C(F)(F)Oc2cc(F)c(-c3cc(F)c(-c4cc(F)c(OC(F)(F)F)c(F)c4)c(F)c3)c(F)c2)cc1. The van der Waals surface area contributed by atoms with Gasteiger partial charge in [0.1, 0.15) is 29.0 Å². The van der Waals surface area contributed by atoms with E-state index in [-0.39, 0.29) is 24.3 Å². The minimum atomic E-state index is -5.50. The molecule has 0 amide bonds. The van der Waals surface area contributed by atoms with Crippen LogP contribution in [0.3, 0.4) is 0 Å². The second kappa shape index (κ2) is 13.4. The molecule has 0 aliphatic rings. The molecule has 0 fully saturated rings. The third-order valence-corrected chi connectivity index (χ3v) is 6.28. The fourth-order valence-corrected chi connectivity index (χ4v) is 4.25. The lowest BCUT2D eigenvalue weighted by Gasteiger charge is -2.19. The van der Waals surface area contributed by atoms with Crippen LogP contribution in [0, 0.1) is 34.9 Å². The molecular formula is C32H17F13O2. The Morgan fingerprint density at radius 2 is 1.09 bits per heavy atom. The predicted octanol–water partition coefficient (Wildman–Crippen LogP) is 11.5. The molecule has 0 aliphatic carbocycles. The zero-order valence-electron chi connectivity index (χ0n) is 23.4. The van der Waals surface area contributed by atoms with Gasteiger partial charge in [-0.1, -0.05) is 25.1 Å². The van der Waals surface area contributed by atoms with Gasteiger partial charge in [0, 0.05) is 17.7 Å². The Kier molecular flexibility index (Phi) is 9.97. The van der Waals surface area contributed by atoms with Crippen molar-refractivity contribution in [1.29, 1.82) is 0 Å². The van der Waals surface area contributed by atoms with Gasteiger partial charge in [-0.2, -0.15) is 8.78 Å². The molecule has 15 heteroatoms. The van der Waals surface area contributed by atoms with E-state index in [9.17, 15) is 57.1 Å². The summed E-state index contributed by atoms with van der Waals surface area (Å²) in [5.41, 5.74) is -5.42. The van der Waals surface area contributed by atoms with Crippen molar-refractivity contribution in [2.24, 2.45) is 0 Å². The van der Waals surface area contributed by atoms with Gasteiger partial charge in [-0.3, -0.25) is 0 Å². The Labute approximate surface area is 257 Å². The van der Waals surface area contributed by atoms with Crippen LogP contribution in [0.1, 0.15) is 24.5 Å². The van der Waals surface area contributed by atoms with Crippen LogP contribution in [0.5, 0.6) is 11.5 Å². The van der Waals surface area contributed by atoms with Crippen LogP contribution in [0.4, 0.5) is 57.1 Å². The molecule has 4 aromatic rings. The molecule has 0 aromatic heterocycles. The summed E-state index contributed by atoms with van der Waals surface area (Å²) in [6.45, 7) is 1.67. The highest BCUT2D eigenvalue weighted by Crippen LogP contribution is 2.39. The lowest BCUT2D eigenvalue weighted by Crippen LogP contribution is -2.22. The minimum absolute atomic E-state index is 0.128. The Hall–Kier alpha value is -4.95. The van der Waals surface area contributed by atoms with Crippen molar-refractivity contribution in [3.05, 3.63) is 125 Å². The average molecular weight is 680 g/mol. The molecule has 0 spiro atoms. The highest BCUT2D eigenvalue weighted by atomic mass is 19.4. The van der Waals surface area contributed by atoms with Crippen molar-refractivity contribution in [3.63, 3.8) is 0 Å². The number of ether oxygens (including phenoxy) is 2. The van der Waals surface area contributed by atoms with E-state index < -0.39 is 104 Å². The van der Waals surface area contributed by atoms with Crippen molar-refractivity contribution >= 4 is 5.83 Å². The molecule has 0 heterocycles. The summed E-state index contributed by atoms with van der Waals surface area (Å²) in [4.78, 5) is 0. The molecule has 0 unspecified atom stereocenters. The number of hydrogen-bond donors (Lipinski definition) is 0. The zero-order valence-corrected chi connectivity index (χ0v) is 23.4. The van der Waals surface area contributed by atoms with Crippen molar-refractivity contribution in [3.8, 4) is 33.8 Å². The molecular weight excluding hydrogens is 663 g/mol. The van der Waals surface area contributed by atoms with Crippen molar-refractivity contribution < 1.29 is 66.5 Å². The van der Waals surface area contributed by atoms with Gasteiger partial charge in [-0.05, 0) is 60.0 Å². The second-order valence-electron chi connectivity index (χ2n) is 9.56. The second-order valence-corrected chi connectivity index (χ2v) is 9.56. The molecule has 0 saturated heterocycles. The topological polar surface area (TPSA) is 18.5 Å². The molecule has 0 N–H and O–H groups in total. The first kappa shape index (κ1) is 34.9. The van der Waals surface area contributed by atoms with E-state index in [1.807, 2.05) is 0 Å². The molecule has 248 valence electrons. The summed E-state index contributed by atoms with van der Waals surface area (Å²) in [5, 5.41) is 0. The zero-order chi connectivity index (χ0) is 34.8. The number of halogens is 13. The van der Waals surface area contributed by atoms with Gasteiger partial charge >= 0.3 is 12.5 Å². The Morgan fingerprint density at radius 3 is 1.53 bits per heavy atom. The summed E-state index contributed by atoms with van der Waals surface area (Å²) >= 11 is 0. The summed E-state index contributed by atoms with van der Waals surface area (Å²) in [6, 6.07) is 4.38. The Balaban J connectivity index is 1.62. The van der Waals surface area contributed by atoms with E-state index >= 15 is 0 Å². The normalized spacial score (nSPS) is 12.8. The van der Waals surface area contributed by atoms with Crippen LogP contribution >= 0.6 is 0 Å². The van der Waals surface area contributed by atoms with Crippen molar-refractivity contribution in [2.45, 2.75) is 25.8 Å². The van der Waals surface area contributed by atoms with Crippen LogP contribution in [0.15, 0.2) is 78.6 Å². The van der Waals surface area contributed by atoms with Gasteiger partial charge in [0.05, 0.1) is 16.7 Å². The fraction of sp³-hybridized carbons (Fsp3) is 0.125. The molecule has 2 nitrogen and oxygen atoms in total. The maximum atomic E-state index is 15.0. The van der Waals surface area contributed by atoms with E-state index in [2.05, 4.69) is 9.47 Å². The van der Waals surface area contributed by atoms with Crippen LogP contribution < -0.4 is 9.47 Å². The number of alkyl halides is 5. The quantitative estimate of drug-likeness (QED) is 0.129. The van der Waals surface area contributed by atoms with Gasteiger partial charge in [0.2, 0.25) is 5.75 Å². The van der Waals surface area contributed by atoms with Crippen LogP contribution in [0.25, 0.3) is 28.1 Å².